The fraction of sp³-hybridized carbons (Fsp3) is 0.476. The van der Waals surface area contributed by atoms with Crippen LogP contribution >= 0.6 is 11.8 Å². The van der Waals surface area contributed by atoms with Crippen LogP contribution < -0.4 is 0 Å². The van der Waals surface area contributed by atoms with Crippen molar-refractivity contribution in [2.24, 2.45) is 5.92 Å². The minimum absolute atomic E-state index is 0.147. The molecule has 2 aromatic rings. The highest BCUT2D eigenvalue weighted by Crippen LogP contribution is 2.31. The molecule has 0 saturated carbocycles. The van der Waals surface area contributed by atoms with Crippen molar-refractivity contribution in [2.45, 2.75) is 37.7 Å². The van der Waals surface area contributed by atoms with Gasteiger partial charge in [-0.25, -0.2) is 0 Å². The lowest BCUT2D eigenvalue weighted by Crippen LogP contribution is -2.46. The molecule has 1 atom stereocenters. The van der Waals surface area contributed by atoms with Crippen molar-refractivity contribution in [3.8, 4) is 11.4 Å². The zero-order valence-electron chi connectivity index (χ0n) is 16.8. The molecule has 2 heterocycles. The number of amides is 1. The van der Waals surface area contributed by atoms with Gasteiger partial charge in [0.25, 0.3) is 0 Å². The minimum atomic E-state index is -0.212. The van der Waals surface area contributed by atoms with Gasteiger partial charge in [-0.15, -0.1) is 16.8 Å². The lowest BCUT2D eigenvalue weighted by atomic mass is 10.1. The first kappa shape index (κ1) is 20.6. The second-order valence-electron chi connectivity index (χ2n) is 7.30. The highest BCUT2D eigenvalue weighted by atomic mass is 32.2. The molecule has 6 nitrogen and oxygen atoms in total. The Morgan fingerprint density at radius 2 is 2.07 bits per heavy atom. The average molecular weight is 401 g/mol. The van der Waals surface area contributed by atoms with Gasteiger partial charge in [0.05, 0.1) is 18.5 Å². The van der Waals surface area contributed by atoms with Crippen LogP contribution in [0.3, 0.4) is 0 Å². The number of aromatic nitrogens is 3. The van der Waals surface area contributed by atoms with E-state index < -0.39 is 0 Å². The summed E-state index contributed by atoms with van der Waals surface area (Å²) < 4.78 is 7.42. The van der Waals surface area contributed by atoms with Gasteiger partial charge in [-0.2, -0.15) is 0 Å². The molecule has 1 aromatic carbocycles. The van der Waals surface area contributed by atoms with Crippen LogP contribution in [0.5, 0.6) is 0 Å². The van der Waals surface area contributed by atoms with Crippen molar-refractivity contribution in [2.75, 3.05) is 26.3 Å². The lowest BCUT2D eigenvalue weighted by molar-refractivity contribution is -0.135. The molecule has 150 valence electrons. The van der Waals surface area contributed by atoms with Gasteiger partial charge < -0.3 is 9.64 Å². The third-order valence-electron chi connectivity index (χ3n) is 4.71. The van der Waals surface area contributed by atoms with E-state index in [2.05, 4.69) is 49.7 Å². The molecule has 0 aliphatic carbocycles. The van der Waals surface area contributed by atoms with Crippen LogP contribution in [0.1, 0.15) is 19.4 Å². The number of morpholine rings is 1. The molecular weight excluding hydrogens is 372 g/mol. The largest absolute Gasteiger partial charge is 0.378 e. The Hall–Kier alpha value is -2.12. The highest BCUT2D eigenvalue weighted by molar-refractivity contribution is 8.00. The zero-order chi connectivity index (χ0) is 20.1. The van der Waals surface area contributed by atoms with Crippen LogP contribution in [0.25, 0.3) is 11.4 Å². The Morgan fingerprint density at radius 1 is 1.32 bits per heavy atom. The summed E-state index contributed by atoms with van der Waals surface area (Å²) in [7, 11) is 0. The first-order chi connectivity index (χ1) is 13.5. The lowest BCUT2D eigenvalue weighted by Gasteiger charge is -2.31. The predicted molar refractivity (Wildman–Crippen MR) is 112 cm³/mol. The molecule has 7 heteroatoms. The predicted octanol–water partition coefficient (Wildman–Crippen LogP) is 3.42. The van der Waals surface area contributed by atoms with Crippen molar-refractivity contribution in [3.63, 3.8) is 0 Å². The normalized spacial score (nSPS) is 15.6. The number of carbonyl (C=O) groups is 1. The van der Waals surface area contributed by atoms with Gasteiger partial charge in [0, 0.05) is 25.2 Å². The summed E-state index contributed by atoms with van der Waals surface area (Å²) in [5, 5.41) is 9.39. The zero-order valence-corrected chi connectivity index (χ0v) is 17.6. The molecule has 3 rings (SSSR count). The Kier molecular flexibility index (Phi) is 6.91. The van der Waals surface area contributed by atoms with Crippen molar-refractivity contribution in [3.05, 3.63) is 42.5 Å². The Bertz CT molecular complexity index is 828. The average Bonchev–Trinajstić information content (AvgIpc) is 3.09. The van der Waals surface area contributed by atoms with Gasteiger partial charge in [-0.05, 0) is 18.9 Å². The van der Waals surface area contributed by atoms with E-state index in [4.69, 9.17) is 4.74 Å². The molecular formula is C21H28N4O2S. The van der Waals surface area contributed by atoms with E-state index in [9.17, 15) is 4.79 Å². The summed E-state index contributed by atoms with van der Waals surface area (Å²) in [6.45, 7) is 13.2. The number of hydrogen-bond acceptors (Lipinski definition) is 5. The molecule has 0 N–H and O–H groups in total. The number of thioether (sulfide) groups is 1. The van der Waals surface area contributed by atoms with Gasteiger partial charge in [0.15, 0.2) is 11.0 Å². The highest BCUT2D eigenvalue weighted by Gasteiger charge is 2.31. The van der Waals surface area contributed by atoms with Gasteiger partial charge >= 0.3 is 0 Å². The summed E-state index contributed by atoms with van der Waals surface area (Å²) in [6, 6.07) is 8.20. The third kappa shape index (κ3) is 4.64. The van der Waals surface area contributed by atoms with E-state index in [1.807, 2.05) is 27.7 Å². The smallest absolute Gasteiger partial charge is 0.236 e. The number of nitrogens with zero attached hydrogens (tertiary/aromatic N) is 4. The molecule has 1 unspecified atom stereocenters. The Balaban J connectivity index is 1.88. The topological polar surface area (TPSA) is 60.2 Å². The van der Waals surface area contributed by atoms with Crippen LogP contribution in [-0.4, -0.2) is 57.1 Å². The molecule has 1 aliphatic heterocycles. The van der Waals surface area contributed by atoms with Gasteiger partial charge in [0.1, 0.15) is 0 Å². The number of carbonyl (C=O) groups excluding carboxylic acids is 1. The van der Waals surface area contributed by atoms with Gasteiger partial charge in [-0.1, -0.05) is 55.4 Å². The first-order valence-corrected chi connectivity index (χ1v) is 10.5. The van der Waals surface area contributed by atoms with Crippen LogP contribution in [-0.2, 0) is 16.1 Å². The fourth-order valence-corrected chi connectivity index (χ4v) is 4.34. The van der Waals surface area contributed by atoms with Crippen molar-refractivity contribution in [1.29, 1.82) is 0 Å². The van der Waals surface area contributed by atoms with Crippen molar-refractivity contribution in [1.82, 2.24) is 19.7 Å². The Labute approximate surface area is 171 Å². The summed E-state index contributed by atoms with van der Waals surface area (Å²) in [5.74, 6) is 1.12. The van der Waals surface area contributed by atoms with E-state index in [1.54, 1.807) is 0 Å². The van der Waals surface area contributed by atoms with E-state index in [0.717, 1.165) is 16.5 Å². The third-order valence-corrected chi connectivity index (χ3v) is 6.22. The SMILES string of the molecule is C=CCn1c(SC(C(=O)N2CCOCC2)C(C)C)nnc1-c1cccc(C)c1. The first-order valence-electron chi connectivity index (χ1n) is 9.65. The molecule has 0 bridgehead atoms. The number of hydrogen-bond donors (Lipinski definition) is 0. The van der Waals surface area contributed by atoms with Crippen molar-refractivity contribution < 1.29 is 9.53 Å². The standard InChI is InChI=1S/C21H28N4O2S/c1-5-9-25-19(17-8-6-7-16(4)14-17)22-23-21(25)28-18(15(2)3)20(26)24-10-12-27-13-11-24/h5-8,14-15,18H,1,9-13H2,2-4H3. The van der Waals surface area contributed by atoms with Crippen LogP contribution in [0.4, 0.5) is 0 Å². The maximum absolute atomic E-state index is 13.1. The van der Waals surface area contributed by atoms with E-state index in [1.165, 1.54) is 17.3 Å². The fourth-order valence-electron chi connectivity index (χ4n) is 3.22. The number of aryl methyl sites for hydroxylation is 1. The maximum Gasteiger partial charge on any atom is 0.236 e. The van der Waals surface area contributed by atoms with Gasteiger partial charge in [0.2, 0.25) is 5.91 Å². The maximum atomic E-state index is 13.1. The molecule has 0 radical (unpaired) electrons. The van der Waals surface area contributed by atoms with E-state index in [-0.39, 0.29) is 17.1 Å². The summed E-state index contributed by atoms with van der Waals surface area (Å²) in [4.78, 5) is 15.0. The van der Waals surface area contributed by atoms with E-state index >= 15 is 0 Å². The monoisotopic (exact) mass is 400 g/mol. The van der Waals surface area contributed by atoms with E-state index in [0.29, 0.717) is 32.8 Å². The van der Waals surface area contributed by atoms with Gasteiger partial charge in [-0.3, -0.25) is 9.36 Å². The molecule has 0 spiro atoms. The van der Waals surface area contributed by atoms with Crippen molar-refractivity contribution >= 4 is 17.7 Å². The molecule has 1 fully saturated rings. The second-order valence-corrected chi connectivity index (χ2v) is 8.40. The molecule has 28 heavy (non-hydrogen) atoms. The number of benzene rings is 1. The molecule has 1 aliphatic rings. The minimum Gasteiger partial charge on any atom is -0.378 e. The molecule has 1 aromatic heterocycles. The summed E-state index contributed by atoms with van der Waals surface area (Å²) in [6.07, 6.45) is 1.83. The number of rotatable bonds is 7. The summed E-state index contributed by atoms with van der Waals surface area (Å²) >= 11 is 1.49. The number of allylic oxidation sites excluding steroid dienone is 1. The molecule has 1 amide bonds. The second kappa shape index (κ2) is 9.39. The molecule has 1 saturated heterocycles. The van der Waals surface area contributed by atoms with Crippen LogP contribution in [0.15, 0.2) is 42.1 Å². The quantitative estimate of drug-likeness (QED) is 0.526. The number of ether oxygens (including phenoxy) is 1. The summed E-state index contributed by atoms with van der Waals surface area (Å²) in [5.41, 5.74) is 2.18. The van der Waals surface area contributed by atoms with Crippen LogP contribution in [0.2, 0.25) is 0 Å². The van der Waals surface area contributed by atoms with Crippen LogP contribution in [0, 0.1) is 12.8 Å². The Morgan fingerprint density at radius 3 is 2.71 bits per heavy atom.